The third-order valence-electron chi connectivity index (χ3n) is 4.89. The second-order valence-electron chi connectivity index (χ2n) is 7.26. The molecule has 33 heavy (non-hydrogen) atoms. The van der Waals surface area contributed by atoms with Gasteiger partial charge >= 0.3 is 10.1 Å². The Kier molecular flexibility index (Phi) is 6.75. The second-order valence-corrected chi connectivity index (χ2v) is 10.1. The number of carbonyl (C=O) groups excluding carboxylic acids is 1. The molecule has 8 heteroatoms. The highest BCUT2D eigenvalue weighted by molar-refractivity contribution is 14.1. The Morgan fingerprint density at radius 1 is 0.970 bits per heavy atom. The van der Waals surface area contributed by atoms with Crippen molar-refractivity contribution in [2.24, 2.45) is 5.10 Å². The summed E-state index contributed by atoms with van der Waals surface area (Å²) >= 11 is 2.13. The van der Waals surface area contributed by atoms with Crippen molar-refractivity contribution in [2.75, 3.05) is 0 Å². The number of halogens is 1. The maximum atomic E-state index is 12.9. The van der Waals surface area contributed by atoms with E-state index in [0.717, 1.165) is 19.9 Å². The number of carbonyl (C=O) groups is 1. The number of rotatable bonds is 6. The maximum absolute atomic E-state index is 12.9. The summed E-state index contributed by atoms with van der Waals surface area (Å²) in [5, 5.41) is 5.69. The molecule has 0 radical (unpaired) electrons. The largest absolute Gasteiger partial charge is 0.378 e. The molecule has 0 aliphatic rings. The van der Waals surface area contributed by atoms with Gasteiger partial charge in [-0.15, -0.1) is 0 Å². The summed E-state index contributed by atoms with van der Waals surface area (Å²) in [5.74, 6) is -0.263. The summed E-state index contributed by atoms with van der Waals surface area (Å²) in [4.78, 5) is 12.5. The van der Waals surface area contributed by atoms with Gasteiger partial charge in [-0.25, -0.2) is 5.43 Å². The van der Waals surface area contributed by atoms with E-state index in [-0.39, 0.29) is 16.6 Å². The van der Waals surface area contributed by atoms with Crippen molar-refractivity contribution in [3.63, 3.8) is 0 Å². The lowest BCUT2D eigenvalue weighted by Gasteiger charge is -2.12. The molecule has 6 nitrogen and oxygen atoms in total. The van der Waals surface area contributed by atoms with Crippen molar-refractivity contribution in [3.8, 4) is 5.75 Å². The molecular formula is C25H19IN2O4S. The number of benzene rings is 4. The Morgan fingerprint density at radius 2 is 1.73 bits per heavy atom. The fraction of sp³-hybridized carbons (Fsp3) is 0.0400. The molecule has 166 valence electrons. The highest BCUT2D eigenvalue weighted by Crippen LogP contribution is 2.29. The molecular weight excluding hydrogens is 551 g/mol. The zero-order valence-corrected chi connectivity index (χ0v) is 20.5. The van der Waals surface area contributed by atoms with Crippen molar-refractivity contribution in [1.29, 1.82) is 0 Å². The van der Waals surface area contributed by atoms with Gasteiger partial charge < -0.3 is 4.18 Å². The summed E-state index contributed by atoms with van der Waals surface area (Å²) in [5.41, 5.74) is 4.34. The molecule has 0 atom stereocenters. The van der Waals surface area contributed by atoms with Crippen LogP contribution in [0.3, 0.4) is 0 Å². The Balaban J connectivity index is 1.67. The van der Waals surface area contributed by atoms with Gasteiger partial charge in [0, 0.05) is 14.7 Å². The average molecular weight is 570 g/mol. The van der Waals surface area contributed by atoms with Crippen LogP contribution in [0.25, 0.3) is 10.8 Å². The minimum Gasteiger partial charge on any atom is -0.378 e. The lowest BCUT2D eigenvalue weighted by atomic mass is 10.0. The van der Waals surface area contributed by atoms with Gasteiger partial charge in [-0.05, 0) is 76.7 Å². The maximum Gasteiger partial charge on any atom is 0.339 e. The monoisotopic (exact) mass is 570 g/mol. The number of hydrogen-bond donors (Lipinski definition) is 1. The number of nitrogens with one attached hydrogen (secondary N) is 1. The van der Waals surface area contributed by atoms with E-state index in [9.17, 15) is 13.2 Å². The number of nitrogens with zero attached hydrogens (tertiary/aromatic N) is 1. The highest BCUT2D eigenvalue weighted by Gasteiger charge is 2.19. The van der Waals surface area contributed by atoms with E-state index < -0.39 is 10.1 Å². The first kappa shape index (κ1) is 22.9. The number of hydrazone groups is 1. The SMILES string of the molecule is Cc1ccc(S(=O)(=O)Oc2ccc3ccccc3c2/C=N\NC(=O)c2cccc(I)c2)cc1. The minimum atomic E-state index is -4.06. The van der Waals surface area contributed by atoms with Gasteiger partial charge in [0.25, 0.3) is 5.91 Å². The number of aryl methyl sites for hydroxylation is 1. The van der Waals surface area contributed by atoms with Crippen LogP contribution in [0, 0.1) is 10.5 Å². The molecule has 4 rings (SSSR count). The fourth-order valence-electron chi connectivity index (χ4n) is 3.20. The Hall–Kier alpha value is -3.24. The van der Waals surface area contributed by atoms with Crippen molar-refractivity contribution in [3.05, 3.63) is 105 Å². The number of amides is 1. The van der Waals surface area contributed by atoms with Crippen LogP contribution in [0.5, 0.6) is 5.75 Å². The summed E-state index contributed by atoms with van der Waals surface area (Å²) in [6, 6.07) is 24.3. The Morgan fingerprint density at radius 3 is 2.48 bits per heavy atom. The van der Waals surface area contributed by atoms with Crippen LogP contribution in [0.1, 0.15) is 21.5 Å². The van der Waals surface area contributed by atoms with Gasteiger partial charge in [0.05, 0.1) is 6.21 Å². The van der Waals surface area contributed by atoms with Gasteiger partial charge in [-0.2, -0.15) is 13.5 Å². The molecule has 0 heterocycles. The zero-order valence-electron chi connectivity index (χ0n) is 17.5. The van der Waals surface area contributed by atoms with Gasteiger partial charge in [-0.1, -0.05) is 54.1 Å². The standard InChI is InChI=1S/C25H19IN2O4S/c1-17-9-12-21(13-10-17)33(30,31)32-24-14-11-18-5-2-3-8-22(18)23(24)16-27-28-25(29)19-6-4-7-20(26)15-19/h2-16H,1H3,(H,28,29)/b27-16-. The summed E-state index contributed by atoms with van der Waals surface area (Å²) in [6.45, 7) is 1.87. The molecule has 0 fully saturated rings. The Labute approximate surface area is 205 Å². The first-order valence-corrected chi connectivity index (χ1v) is 12.4. The molecule has 0 bridgehead atoms. The fourth-order valence-corrected chi connectivity index (χ4v) is 4.69. The average Bonchev–Trinajstić information content (AvgIpc) is 2.80. The first-order chi connectivity index (χ1) is 15.8. The van der Waals surface area contributed by atoms with Gasteiger partial charge in [0.1, 0.15) is 4.90 Å². The number of fused-ring (bicyclic) bond motifs is 1. The minimum absolute atomic E-state index is 0.0520. The zero-order chi connectivity index (χ0) is 23.4. The summed E-state index contributed by atoms with van der Waals surface area (Å²) in [6.07, 6.45) is 1.40. The van der Waals surface area contributed by atoms with E-state index in [4.69, 9.17) is 4.18 Å². The highest BCUT2D eigenvalue weighted by atomic mass is 127. The molecule has 1 amide bonds. The van der Waals surface area contributed by atoms with Crippen LogP contribution in [0.4, 0.5) is 0 Å². The van der Waals surface area contributed by atoms with E-state index in [1.807, 2.05) is 37.3 Å². The predicted octanol–water partition coefficient (Wildman–Crippen LogP) is 5.28. The molecule has 0 unspecified atom stereocenters. The predicted molar refractivity (Wildman–Crippen MR) is 137 cm³/mol. The van der Waals surface area contributed by atoms with E-state index >= 15 is 0 Å². The lowest BCUT2D eigenvalue weighted by molar-refractivity contribution is 0.0955. The third-order valence-corrected chi connectivity index (χ3v) is 6.81. The normalized spacial score (nSPS) is 11.6. The van der Waals surface area contributed by atoms with Crippen molar-refractivity contribution in [2.45, 2.75) is 11.8 Å². The second kappa shape index (κ2) is 9.72. The van der Waals surface area contributed by atoms with Crippen molar-refractivity contribution >= 4 is 55.6 Å². The van der Waals surface area contributed by atoms with E-state index in [2.05, 4.69) is 33.1 Å². The molecule has 0 saturated heterocycles. The Bertz CT molecular complexity index is 1470. The van der Waals surface area contributed by atoms with Gasteiger partial charge in [0.2, 0.25) is 0 Å². The molecule has 4 aromatic carbocycles. The smallest absolute Gasteiger partial charge is 0.339 e. The quantitative estimate of drug-likeness (QED) is 0.148. The summed E-state index contributed by atoms with van der Waals surface area (Å²) in [7, 11) is -4.06. The van der Waals surface area contributed by atoms with E-state index in [1.165, 1.54) is 18.3 Å². The number of hydrogen-bond acceptors (Lipinski definition) is 5. The molecule has 0 spiro atoms. The van der Waals surface area contributed by atoms with Crippen molar-refractivity contribution in [1.82, 2.24) is 5.43 Å². The van der Waals surface area contributed by atoms with Crippen LogP contribution < -0.4 is 9.61 Å². The van der Waals surface area contributed by atoms with E-state index in [1.54, 1.807) is 42.5 Å². The van der Waals surface area contributed by atoms with Crippen LogP contribution in [-0.2, 0) is 10.1 Å². The lowest BCUT2D eigenvalue weighted by Crippen LogP contribution is -2.18. The molecule has 0 aliphatic heterocycles. The third kappa shape index (κ3) is 5.40. The first-order valence-electron chi connectivity index (χ1n) is 9.95. The molecule has 4 aromatic rings. The van der Waals surface area contributed by atoms with Gasteiger partial charge in [-0.3, -0.25) is 4.79 Å². The van der Waals surface area contributed by atoms with E-state index in [0.29, 0.717) is 11.1 Å². The van der Waals surface area contributed by atoms with Crippen LogP contribution in [-0.4, -0.2) is 20.5 Å². The molecule has 1 N–H and O–H groups in total. The van der Waals surface area contributed by atoms with Crippen LogP contribution >= 0.6 is 22.6 Å². The van der Waals surface area contributed by atoms with Crippen LogP contribution in [0.15, 0.2) is 94.9 Å². The molecule has 0 saturated carbocycles. The van der Waals surface area contributed by atoms with Crippen LogP contribution in [0.2, 0.25) is 0 Å². The van der Waals surface area contributed by atoms with Gasteiger partial charge in [0.15, 0.2) is 5.75 Å². The van der Waals surface area contributed by atoms with Crippen molar-refractivity contribution < 1.29 is 17.4 Å². The summed E-state index contributed by atoms with van der Waals surface area (Å²) < 4.78 is 32.1. The molecule has 0 aromatic heterocycles. The molecule has 0 aliphatic carbocycles. The topological polar surface area (TPSA) is 84.8 Å².